The normalized spacial score (nSPS) is 24.8. The van der Waals surface area contributed by atoms with Crippen molar-refractivity contribution >= 4 is 15.9 Å². The molecule has 1 saturated heterocycles. The molecule has 18 heavy (non-hydrogen) atoms. The third kappa shape index (κ3) is 1.93. The molecule has 2 aliphatic rings. The smallest absolute Gasteiger partial charge is 0.0471 e. The Bertz CT molecular complexity index is 432. The Balaban J connectivity index is 1.84. The van der Waals surface area contributed by atoms with Crippen molar-refractivity contribution < 1.29 is 4.74 Å². The van der Waals surface area contributed by atoms with Crippen LogP contribution in [0.3, 0.4) is 0 Å². The van der Waals surface area contributed by atoms with Crippen LogP contribution < -0.4 is 5.73 Å². The Morgan fingerprint density at radius 3 is 2.44 bits per heavy atom. The van der Waals surface area contributed by atoms with Crippen LogP contribution >= 0.6 is 15.9 Å². The molecular formula is C15H20BrNO. The molecule has 0 aromatic heterocycles. The van der Waals surface area contributed by atoms with Gasteiger partial charge < -0.3 is 10.5 Å². The molecule has 3 heteroatoms. The highest BCUT2D eigenvalue weighted by atomic mass is 79.9. The number of hydrogen-bond donors (Lipinski definition) is 1. The topological polar surface area (TPSA) is 35.2 Å². The molecule has 1 saturated carbocycles. The highest BCUT2D eigenvalue weighted by Crippen LogP contribution is 2.60. The fraction of sp³-hybridized carbons (Fsp3) is 0.600. The molecule has 3 rings (SSSR count). The summed E-state index contributed by atoms with van der Waals surface area (Å²) in [6.07, 6.45) is 4.86. The van der Waals surface area contributed by atoms with E-state index in [-0.39, 0.29) is 5.41 Å². The fourth-order valence-electron chi connectivity index (χ4n) is 3.88. The van der Waals surface area contributed by atoms with Gasteiger partial charge in [0.2, 0.25) is 0 Å². The van der Waals surface area contributed by atoms with E-state index in [4.69, 9.17) is 10.5 Å². The molecule has 2 N–H and O–H groups in total. The molecule has 1 aromatic rings. The molecule has 0 unspecified atom stereocenters. The first-order chi connectivity index (χ1) is 8.70. The molecule has 2 nitrogen and oxygen atoms in total. The molecule has 0 bridgehead atoms. The number of benzene rings is 1. The van der Waals surface area contributed by atoms with E-state index >= 15 is 0 Å². The molecule has 1 aromatic carbocycles. The quantitative estimate of drug-likeness (QED) is 0.910. The van der Waals surface area contributed by atoms with Crippen molar-refractivity contribution in [3.8, 4) is 0 Å². The number of hydrogen-bond acceptors (Lipinski definition) is 2. The van der Waals surface area contributed by atoms with Crippen molar-refractivity contribution in [1.82, 2.24) is 0 Å². The summed E-state index contributed by atoms with van der Waals surface area (Å²) in [5, 5.41) is 0. The maximum absolute atomic E-state index is 6.11. The van der Waals surface area contributed by atoms with Crippen LogP contribution in [0.4, 0.5) is 0 Å². The van der Waals surface area contributed by atoms with Gasteiger partial charge in [-0.2, -0.15) is 0 Å². The van der Waals surface area contributed by atoms with Crippen LogP contribution in [-0.2, 0) is 10.2 Å². The zero-order valence-corrected chi connectivity index (χ0v) is 12.2. The second-order valence-electron chi connectivity index (χ2n) is 5.93. The predicted molar refractivity (Wildman–Crippen MR) is 76.6 cm³/mol. The van der Waals surface area contributed by atoms with E-state index in [9.17, 15) is 0 Å². The Hall–Kier alpha value is -0.380. The maximum atomic E-state index is 6.11. The van der Waals surface area contributed by atoms with Crippen molar-refractivity contribution in [2.75, 3.05) is 19.8 Å². The van der Waals surface area contributed by atoms with Crippen LogP contribution in [0, 0.1) is 5.41 Å². The molecule has 0 amide bonds. The fourth-order valence-corrected chi connectivity index (χ4v) is 4.58. The second-order valence-corrected chi connectivity index (χ2v) is 6.78. The minimum absolute atomic E-state index is 0.192. The lowest BCUT2D eigenvalue weighted by molar-refractivity contribution is -0.0716. The average molecular weight is 310 g/mol. The van der Waals surface area contributed by atoms with Gasteiger partial charge in [0.15, 0.2) is 0 Å². The summed E-state index contributed by atoms with van der Waals surface area (Å²) in [5.74, 6) is 0. The van der Waals surface area contributed by atoms with Crippen LogP contribution in [0.1, 0.15) is 31.2 Å². The van der Waals surface area contributed by atoms with Crippen molar-refractivity contribution in [2.45, 2.75) is 31.1 Å². The van der Waals surface area contributed by atoms with E-state index in [2.05, 4.69) is 40.2 Å². The van der Waals surface area contributed by atoms with E-state index in [1.54, 1.807) is 0 Å². The Morgan fingerprint density at radius 2 is 1.83 bits per heavy atom. The minimum atomic E-state index is 0.192. The van der Waals surface area contributed by atoms with Crippen LogP contribution in [0.5, 0.6) is 0 Å². The molecule has 1 spiro atoms. The van der Waals surface area contributed by atoms with Gasteiger partial charge in [-0.15, -0.1) is 0 Å². The molecule has 98 valence electrons. The summed E-state index contributed by atoms with van der Waals surface area (Å²) in [6, 6.07) is 8.54. The van der Waals surface area contributed by atoms with Gasteiger partial charge in [0.25, 0.3) is 0 Å². The molecule has 1 aliphatic carbocycles. The van der Waals surface area contributed by atoms with Gasteiger partial charge in [-0.05, 0) is 42.7 Å². The van der Waals surface area contributed by atoms with Gasteiger partial charge in [0, 0.05) is 29.6 Å². The minimum Gasteiger partial charge on any atom is -0.381 e. The third-order valence-corrected chi connectivity index (χ3v) is 5.51. The third-order valence-electron chi connectivity index (χ3n) is 4.82. The summed E-state index contributed by atoms with van der Waals surface area (Å²) in [4.78, 5) is 0. The molecule has 1 aliphatic heterocycles. The highest BCUT2D eigenvalue weighted by molar-refractivity contribution is 9.10. The summed E-state index contributed by atoms with van der Waals surface area (Å²) in [6.45, 7) is 2.60. The SMILES string of the molecule is NCC1(c2ccccc2Br)CC2(CCOCC2)C1. The molecule has 0 radical (unpaired) electrons. The van der Waals surface area contributed by atoms with Crippen molar-refractivity contribution in [3.05, 3.63) is 34.3 Å². The summed E-state index contributed by atoms with van der Waals surface area (Å²) >= 11 is 3.68. The first-order valence-corrected chi connectivity index (χ1v) is 7.52. The van der Waals surface area contributed by atoms with E-state index in [1.807, 2.05) is 0 Å². The van der Waals surface area contributed by atoms with Gasteiger partial charge in [0.1, 0.15) is 0 Å². The van der Waals surface area contributed by atoms with Gasteiger partial charge in [-0.1, -0.05) is 34.1 Å². The second kappa shape index (κ2) is 4.62. The Labute approximate surface area is 117 Å². The van der Waals surface area contributed by atoms with E-state index in [0.717, 1.165) is 19.8 Å². The lowest BCUT2D eigenvalue weighted by atomic mass is 9.48. The lowest BCUT2D eigenvalue weighted by Gasteiger charge is -2.58. The van der Waals surface area contributed by atoms with Crippen LogP contribution in [0.25, 0.3) is 0 Å². The van der Waals surface area contributed by atoms with Crippen molar-refractivity contribution in [3.63, 3.8) is 0 Å². The zero-order valence-electron chi connectivity index (χ0n) is 10.6. The lowest BCUT2D eigenvalue weighted by Crippen LogP contribution is -2.55. The summed E-state index contributed by atoms with van der Waals surface area (Å²) in [7, 11) is 0. The summed E-state index contributed by atoms with van der Waals surface area (Å²) in [5.41, 5.74) is 8.20. The monoisotopic (exact) mass is 309 g/mol. The van der Waals surface area contributed by atoms with Crippen LogP contribution in [0.15, 0.2) is 28.7 Å². The van der Waals surface area contributed by atoms with E-state index in [1.165, 1.54) is 35.7 Å². The number of rotatable bonds is 2. The first-order valence-electron chi connectivity index (χ1n) is 6.73. The van der Waals surface area contributed by atoms with Gasteiger partial charge in [0.05, 0.1) is 0 Å². The Kier molecular flexibility index (Phi) is 3.25. The maximum Gasteiger partial charge on any atom is 0.0471 e. The van der Waals surface area contributed by atoms with E-state index < -0.39 is 0 Å². The number of halogens is 1. The van der Waals surface area contributed by atoms with Gasteiger partial charge in [-0.3, -0.25) is 0 Å². The number of nitrogens with two attached hydrogens (primary N) is 1. The summed E-state index contributed by atoms with van der Waals surface area (Å²) < 4.78 is 6.70. The average Bonchev–Trinajstić information content (AvgIpc) is 2.37. The zero-order chi connectivity index (χ0) is 12.6. The standard InChI is InChI=1S/C15H20BrNO/c16-13-4-2-1-3-12(13)15(11-17)9-14(10-15)5-7-18-8-6-14/h1-4H,5-11,17H2. The highest BCUT2D eigenvalue weighted by Gasteiger charge is 2.55. The van der Waals surface area contributed by atoms with E-state index in [0.29, 0.717) is 5.41 Å². The molecular weight excluding hydrogens is 290 g/mol. The van der Waals surface area contributed by atoms with Gasteiger partial charge in [-0.25, -0.2) is 0 Å². The van der Waals surface area contributed by atoms with Crippen LogP contribution in [0.2, 0.25) is 0 Å². The Morgan fingerprint density at radius 1 is 1.17 bits per heavy atom. The van der Waals surface area contributed by atoms with Crippen LogP contribution in [-0.4, -0.2) is 19.8 Å². The van der Waals surface area contributed by atoms with Gasteiger partial charge >= 0.3 is 0 Å². The predicted octanol–water partition coefficient (Wildman–Crippen LogP) is 3.24. The first kappa shape index (κ1) is 12.6. The molecule has 2 fully saturated rings. The van der Waals surface area contributed by atoms with Crippen molar-refractivity contribution in [1.29, 1.82) is 0 Å². The number of ether oxygens (including phenoxy) is 1. The molecule has 1 heterocycles. The van der Waals surface area contributed by atoms with Crippen molar-refractivity contribution in [2.24, 2.45) is 11.1 Å². The molecule has 0 atom stereocenters. The largest absolute Gasteiger partial charge is 0.381 e.